The number of carbonyl (C=O) groups is 1. The predicted molar refractivity (Wildman–Crippen MR) is 149 cm³/mol. The number of benzene rings is 1. The molecule has 1 aliphatic rings. The molecule has 1 saturated heterocycles. The Balaban J connectivity index is 1.53. The van der Waals surface area contributed by atoms with E-state index in [2.05, 4.69) is 48.2 Å². The molecule has 0 unspecified atom stereocenters. The van der Waals surface area contributed by atoms with Crippen molar-refractivity contribution in [3.05, 3.63) is 65.5 Å². The number of fused-ring (bicyclic) bond motifs is 1. The molecule has 1 fully saturated rings. The SMILES string of the molecule is CN(C)C(=O)/C=C/CNCCOc1cnc(C(=C2CC(C)(C)OC(C)(C)C2)c2ccc3n[nH]c(F)c3c2)cn1. The molecule has 0 saturated carbocycles. The standard InChI is InChI=1S/C29H37FN6O3/c1-28(2)15-20(16-29(3,4)39-28)26(19-9-10-22-21(14-19)27(30)35-34-22)23-17-33-24(18-32-23)38-13-12-31-11-7-8-25(37)36(5)6/h7-10,14,17-18,31H,11-13,15-16H2,1-6H3,(H,34,35)/b8-7+. The summed E-state index contributed by atoms with van der Waals surface area (Å²) in [5, 5.41) is 10.1. The van der Waals surface area contributed by atoms with Gasteiger partial charge in [0.1, 0.15) is 6.61 Å². The third-order valence-electron chi connectivity index (χ3n) is 6.36. The molecular weight excluding hydrogens is 499 g/mol. The van der Waals surface area contributed by atoms with Crippen molar-refractivity contribution in [1.82, 2.24) is 30.4 Å². The lowest BCUT2D eigenvalue weighted by Crippen LogP contribution is -2.42. The van der Waals surface area contributed by atoms with Gasteiger partial charge in [-0.25, -0.2) is 9.97 Å². The Kier molecular flexibility index (Phi) is 8.46. The number of rotatable bonds is 9. The highest BCUT2D eigenvalue weighted by Gasteiger charge is 2.38. The van der Waals surface area contributed by atoms with Gasteiger partial charge >= 0.3 is 0 Å². The van der Waals surface area contributed by atoms with Crippen molar-refractivity contribution in [2.24, 2.45) is 0 Å². The first-order valence-corrected chi connectivity index (χ1v) is 13.0. The molecule has 208 valence electrons. The van der Waals surface area contributed by atoms with Gasteiger partial charge in [-0.15, -0.1) is 0 Å². The number of H-pyrrole nitrogens is 1. The van der Waals surface area contributed by atoms with E-state index in [1.165, 1.54) is 16.5 Å². The average molecular weight is 537 g/mol. The van der Waals surface area contributed by atoms with Crippen LogP contribution in [0.2, 0.25) is 0 Å². The van der Waals surface area contributed by atoms with Gasteiger partial charge in [-0.05, 0) is 58.2 Å². The summed E-state index contributed by atoms with van der Waals surface area (Å²) in [6, 6.07) is 5.56. The summed E-state index contributed by atoms with van der Waals surface area (Å²) in [5.41, 5.74) is 3.45. The molecule has 4 rings (SSSR count). The number of aromatic nitrogens is 4. The van der Waals surface area contributed by atoms with Crippen LogP contribution in [0.4, 0.5) is 4.39 Å². The van der Waals surface area contributed by atoms with Crippen molar-refractivity contribution in [3.63, 3.8) is 0 Å². The molecular formula is C29H37FN6O3. The van der Waals surface area contributed by atoms with Gasteiger partial charge < -0.3 is 19.7 Å². The van der Waals surface area contributed by atoms with Gasteiger partial charge in [-0.1, -0.05) is 17.7 Å². The number of halogens is 1. The van der Waals surface area contributed by atoms with E-state index in [9.17, 15) is 9.18 Å². The lowest BCUT2D eigenvalue weighted by Gasteiger charge is -2.43. The molecule has 0 aliphatic carbocycles. The molecule has 0 atom stereocenters. The Labute approximate surface area is 228 Å². The lowest BCUT2D eigenvalue weighted by molar-refractivity contribution is -0.138. The molecule has 0 spiro atoms. The van der Waals surface area contributed by atoms with Crippen LogP contribution in [0.25, 0.3) is 16.5 Å². The van der Waals surface area contributed by atoms with E-state index in [1.54, 1.807) is 32.6 Å². The molecule has 0 radical (unpaired) electrons. The van der Waals surface area contributed by atoms with Crippen LogP contribution in [0.15, 0.2) is 48.3 Å². The third kappa shape index (κ3) is 7.27. The monoisotopic (exact) mass is 536 g/mol. The Morgan fingerprint density at radius 3 is 2.59 bits per heavy atom. The van der Waals surface area contributed by atoms with Crippen LogP contribution in [0.5, 0.6) is 5.88 Å². The fraction of sp³-hybridized carbons (Fsp3) is 0.448. The highest BCUT2D eigenvalue weighted by Crippen LogP contribution is 2.43. The second kappa shape index (κ2) is 11.6. The number of hydrogen-bond acceptors (Lipinski definition) is 7. The summed E-state index contributed by atoms with van der Waals surface area (Å²) < 4.78 is 26.5. The molecule has 10 heteroatoms. The predicted octanol–water partition coefficient (Wildman–Crippen LogP) is 4.27. The number of hydrogen-bond donors (Lipinski definition) is 2. The Morgan fingerprint density at radius 2 is 1.92 bits per heavy atom. The summed E-state index contributed by atoms with van der Waals surface area (Å²) in [6.45, 7) is 9.86. The summed E-state index contributed by atoms with van der Waals surface area (Å²) in [5.74, 6) is -0.111. The van der Waals surface area contributed by atoms with Gasteiger partial charge in [0.25, 0.3) is 0 Å². The number of aromatic amines is 1. The fourth-order valence-corrected chi connectivity index (χ4v) is 5.00. The van der Waals surface area contributed by atoms with Crippen LogP contribution in [0.1, 0.15) is 51.8 Å². The van der Waals surface area contributed by atoms with E-state index in [1.807, 2.05) is 18.2 Å². The number of nitrogens with zero attached hydrogens (tertiary/aromatic N) is 4. The van der Waals surface area contributed by atoms with E-state index >= 15 is 0 Å². The first-order chi connectivity index (χ1) is 18.4. The van der Waals surface area contributed by atoms with Gasteiger partial charge in [-0.3, -0.25) is 9.89 Å². The molecule has 0 bridgehead atoms. The van der Waals surface area contributed by atoms with Gasteiger partial charge in [0.2, 0.25) is 17.7 Å². The second-order valence-corrected chi connectivity index (χ2v) is 11.2. The minimum absolute atomic E-state index is 0.0551. The smallest absolute Gasteiger partial charge is 0.245 e. The number of ether oxygens (including phenoxy) is 2. The van der Waals surface area contributed by atoms with E-state index < -0.39 is 5.95 Å². The number of amides is 1. The zero-order chi connectivity index (χ0) is 28.2. The highest BCUT2D eigenvalue weighted by molar-refractivity contribution is 5.88. The van der Waals surface area contributed by atoms with Crippen molar-refractivity contribution in [3.8, 4) is 5.88 Å². The van der Waals surface area contributed by atoms with Crippen molar-refractivity contribution in [2.45, 2.75) is 51.7 Å². The zero-order valence-corrected chi connectivity index (χ0v) is 23.5. The summed E-state index contributed by atoms with van der Waals surface area (Å²) >= 11 is 0. The topological polar surface area (TPSA) is 105 Å². The molecule has 3 heterocycles. The third-order valence-corrected chi connectivity index (χ3v) is 6.36. The first-order valence-electron chi connectivity index (χ1n) is 13.0. The zero-order valence-electron chi connectivity index (χ0n) is 23.5. The van der Waals surface area contributed by atoms with Crippen LogP contribution in [0.3, 0.4) is 0 Å². The maximum atomic E-state index is 14.4. The largest absolute Gasteiger partial charge is 0.475 e. The van der Waals surface area contributed by atoms with Gasteiger partial charge in [-0.2, -0.15) is 9.49 Å². The quantitative estimate of drug-likeness (QED) is 0.311. The van der Waals surface area contributed by atoms with Crippen molar-refractivity contribution in [2.75, 3.05) is 33.8 Å². The first kappa shape index (κ1) is 28.4. The van der Waals surface area contributed by atoms with E-state index in [0.29, 0.717) is 55.0 Å². The minimum atomic E-state index is -0.466. The van der Waals surface area contributed by atoms with Crippen molar-refractivity contribution in [1.29, 1.82) is 0 Å². The van der Waals surface area contributed by atoms with E-state index in [-0.39, 0.29) is 17.1 Å². The molecule has 1 aliphatic heterocycles. The van der Waals surface area contributed by atoms with Gasteiger partial charge in [0.05, 0.1) is 40.2 Å². The molecule has 1 aromatic carbocycles. The van der Waals surface area contributed by atoms with Crippen LogP contribution < -0.4 is 10.1 Å². The van der Waals surface area contributed by atoms with Crippen molar-refractivity contribution >= 4 is 22.4 Å². The van der Waals surface area contributed by atoms with Gasteiger partial charge in [0, 0.05) is 38.8 Å². The maximum absolute atomic E-state index is 14.4. The van der Waals surface area contributed by atoms with Crippen molar-refractivity contribution < 1.29 is 18.7 Å². The normalized spacial score (nSPS) is 16.5. The number of likely N-dealkylation sites (N-methyl/N-ethyl adjacent to an activating group) is 1. The van der Waals surface area contributed by atoms with Crippen LogP contribution in [-0.4, -0.2) is 76.0 Å². The van der Waals surface area contributed by atoms with E-state index in [0.717, 1.165) is 11.1 Å². The molecule has 1 amide bonds. The van der Waals surface area contributed by atoms with Crippen LogP contribution in [0, 0.1) is 5.95 Å². The fourth-order valence-electron chi connectivity index (χ4n) is 5.00. The summed E-state index contributed by atoms with van der Waals surface area (Å²) in [7, 11) is 3.42. The second-order valence-electron chi connectivity index (χ2n) is 11.2. The Morgan fingerprint density at radius 1 is 1.18 bits per heavy atom. The average Bonchev–Trinajstić information content (AvgIpc) is 3.22. The Hall–Kier alpha value is -3.63. The summed E-state index contributed by atoms with van der Waals surface area (Å²) in [6.07, 6.45) is 8.03. The molecule has 2 N–H and O–H groups in total. The van der Waals surface area contributed by atoms with Crippen LogP contribution in [-0.2, 0) is 9.53 Å². The number of nitrogens with one attached hydrogen (secondary N) is 2. The summed E-state index contributed by atoms with van der Waals surface area (Å²) in [4.78, 5) is 22.3. The highest BCUT2D eigenvalue weighted by atomic mass is 19.1. The van der Waals surface area contributed by atoms with Crippen LogP contribution >= 0.6 is 0 Å². The lowest BCUT2D eigenvalue weighted by atomic mass is 9.80. The number of carbonyl (C=O) groups excluding carboxylic acids is 1. The van der Waals surface area contributed by atoms with Gasteiger partial charge in [0.15, 0.2) is 0 Å². The molecule has 39 heavy (non-hydrogen) atoms. The molecule has 3 aromatic rings. The van der Waals surface area contributed by atoms with E-state index in [4.69, 9.17) is 14.5 Å². The molecule has 2 aromatic heterocycles. The maximum Gasteiger partial charge on any atom is 0.245 e. The Bertz CT molecular complexity index is 1360. The molecule has 9 nitrogen and oxygen atoms in total. The minimum Gasteiger partial charge on any atom is -0.475 e.